The zero-order chi connectivity index (χ0) is 20.7. The second-order valence-corrected chi connectivity index (χ2v) is 8.34. The Kier molecular flexibility index (Phi) is 4.84. The van der Waals surface area contributed by atoms with Crippen LogP contribution in [0.25, 0.3) is 22.2 Å². The number of nitrogens with zero attached hydrogens (tertiary/aromatic N) is 2. The van der Waals surface area contributed by atoms with Crippen molar-refractivity contribution in [1.82, 2.24) is 9.47 Å². The second-order valence-electron chi connectivity index (χ2n) is 7.91. The minimum absolute atomic E-state index is 0.0504. The van der Waals surface area contributed by atoms with Gasteiger partial charge in [-0.3, -0.25) is 4.79 Å². The zero-order valence-corrected chi connectivity index (χ0v) is 17.6. The first-order chi connectivity index (χ1) is 14.6. The van der Waals surface area contributed by atoms with Crippen molar-refractivity contribution in [2.75, 3.05) is 0 Å². The van der Waals surface area contributed by atoms with Crippen molar-refractivity contribution in [3.05, 3.63) is 95.0 Å². The van der Waals surface area contributed by atoms with Crippen LogP contribution in [0.2, 0.25) is 5.02 Å². The third-order valence-electron chi connectivity index (χ3n) is 6.12. The van der Waals surface area contributed by atoms with Gasteiger partial charge in [-0.05, 0) is 35.7 Å². The van der Waals surface area contributed by atoms with Gasteiger partial charge in [-0.1, -0.05) is 72.3 Å². The summed E-state index contributed by atoms with van der Waals surface area (Å²) in [5, 5.41) is 1.93. The summed E-state index contributed by atoms with van der Waals surface area (Å²) in [6.45, 7) is 0.633. The number of hydrogen-bond acceptors (Lipinski definition) is 1. The highest BCUT2D eigenvalue weighted by molar-refractivity contribution is 6.30. The van der Waals surface area contributed by atoms with Crippen LogP contribution in [-0.4, -0.2) is 15.4 Å². The number of halogens is 1. The molecule has 1 fully saturated rings. The van der Waals surface area contributed by atoms with Crippen molar-refractivity contribution in [1.29, 1.82) is 0 Å². The zero-order valence-electron chi connectivity index (χ0n) is 16.9. The molecule has 1 atom stereocenters. The Balaban J connectivity index is 1.68. The summed E-state index contributed by atoms with van der Waals surface area (Å²) in [6, 6.07) is 26.8. The molecule has 0 unspecified atom stereocenters. The number of rotatable bonds is 4. The van der Waals surface area contributed by atoms with Crippen LogP contribution in [0.4, 0.5) is 0 Å². The van der Waals surface area contributed by atoms with Gasteiger partial charge in [0.1, 0.15) is 0 Å². The van der Waals surface area contributed by atoms with E-state index in [-0.39, 0.29) is 11.9 Å². The number of likely N-dealkylation sites (tertiary alicyclic amines) is 1. The monoisotopic (exact) mass is 414 g/mol. The topological polar surface area (TPSA) is 25.2 Å². The summed E-state index contributed by atoms with van der Waals surface area (Å²) in [5.74, 6) is 0.221. The van der Waals surface area contributed by atoms with Crippen molar-refractivity contribution in [3.8, 4) is 11.3 Å². The van der Waals surface area contributed by atoms with Gasteiger partial charge < -0.3 is 9.47 Å². The minimum Gasteiger partial charge on any atom is -0.343 e. The predicted octanol–water partition coefficient (Wildman–Crippen LogP) is 6.36. The molecule has 1 aromatic heterocycles. The molecule has 0 saturated carbocycles. The molecule has 1 aliphatic heterocycles. The molecular formula is C26H23ClN2O. The number of para-hydroxylation sites is 1. The lowest BCUT2D eigenvalue weighted by atomic mass is 9.96. The Labute approximate surface area is 181 Å². The van der Waals surface area contributed by atoms with Gasteiger partial charge in [0.25, 0.3) is 0 Å². The fourth-order valence-corrected chi connectivity index (χ4v) is 4.85. The first-order valence-corrected chi connectivity index (χ1v) is 10.7. The predicted molar refractivity (Wildman–Crippen MR) is 122 cm³/mol. The maximum absolute atomic E-state index is 12.9. The number of fused-ring (bicyclic) bond motifs is 1. The number of benzene rings is 3. The van der Waals surface area contributed by atoms with Gasteiger partial charge in [0.15, 0.2) is 0 Å². The Morgan fingerprint density at radius 1 is 0.933 bits per heavy atom. The molecule has 30 heavy (non-hydrogen) atoms. The third kappa shape index (κ3) is 3.20. The standard InChI is InChI=1S/C26H23ClN2O/c1-28-22-10-6-5-9-21(22)25(26(28)19-11-13-20(27)14-12-19)23-15-16-24(30)29(23)17-18-7-3-2-4-8-18/h2-14,23H,15-17H2,1H3/t23-/m0/s1. The van der Waals surface area contributed by atoms with E-state index in [1.165, 1.54) is 16.5 Å². The van der Waals surface area contributed by atoms with Crippen LogP contribution in [0.15, 0.2) is 78.9 Å². The molecule has 0 aliphatic carbocycles. The Morgan fingerprint density at radius 2 is 1.63 bits per heavy atom. The number of hydrogen-bond donors (Lipinski definition) is 0. The van der Waals surface area contributed by atoms with Crippen LogP contribution < -0.4 is 0 Å². The molecule has 4 aromatic rings. The van der Waals surface area contributed by atoms with E-state index in [0.29, 0.717) is 13.0 Å². The maximum atomic E-state index is 12.9. The third-order valence-corrected chi connectivity index (χ3v) is 6.37. The smallest absolute Gasteiger partial charge is 0.223 e. The van der Waals surface area contributed by atoms with Crippen LogP contribution in [0.3, 0.4) is 0 Å². The summed E-state index contributed by atoms with van der Waals surface area (Å²) >= 11 is 6.16. The molecule has 0 spiro atoms. The number of aromatic nitrogens is 1. The number of aryl methyl sites for hydroxylation is 1. The lowest BCUT2D eigenvalue weighted by molar-refractivity contribution is -0.129. The molecule has 4 heteroatoms. The van der Waals surface area contributed by atoms with Crippen molar-refractivity contribution >= 4 is 28.4 Å². The van der Waals surface area contributed by atoms with Crippen molar-refractivity contribution in [2.45, 2.75) is 25.4 Å². The van der Waals surface area contributed by atoms with Crippen LogP contribution in [0, 0.1) is 0 Å². The average molecular weight is 415 g/mol. The van der Waals surface area contributed by atoms with E-state index in [1.807, 2.05) is 30.3 Å². The quantitative estimate of drug-likeness (QED) is 0.381. The Hall–Kier alpha value is -3.04. The number of carbonyl (C=O) groups excluding carboxylic acids is 1. The van der Waals surface area contributed by atoms with E-state index in [4.69, 9.17) is 11.6 Å². The van der Waals surface area contributed by atoms with Gasteiger partial charge in [-0.2, -0.15) is 0 Å². The van der Waals surface area contributed by atoms with Crippen LogP contribution in [0.5, 0.6) is 0 Å². The summed E-state index contributed by atoms with van der Waals surface area (Å²) in [5.41, 5.74) is 5.84. The van der Waals surface area contributed by atoms with Crippen LogP contribution in [0.1, 0.15) is 30.0 Å². The first kappa shape index (κ1) is 19.0. The van der Waals surface area contributed by atoms with Gasteiger partial charge in [0, 0.05) is 41.5 Å². The van der Waals surface area contributed by atoms with Gasteiger partial charge >= 0.3 is 0 Å². The Morgan fingerprint density at radius 3 is 2.40 bits per heavy atom. The molecule has 3 aromatic carbocycles. The molecule has 0 radical (unpaired) electrons. The van der Waals surface area contributed by atoms with Crippen molar-refractivity contribution < 1.29 is 4.79 Å². The fraction of sp³-hybridized carbons (Fsp3) is 0.192. The van der Waals surface area contributed by atoms with E-state index in [9.17, 15) is 4.79 Å². The molecule has 1 saturated heterocycles. The second kappa shape index (κ2) is 7.66. The highest BCUT2D eigenvalue weighted by Crippen LogP contribution is 2.44. The highest BCUT2D eigenvalue weighted by atomic mass is 35.5. The van der Waals surface area contributed by atoms with E-state index in [2.05, 4.69) is 65.0 Å². The number of carbonyl (C=O) groups is 1. The molecule has 0 bridgehead atoms. The van der Waals surface area contributed by atoms with Crippen LogP contribution in [-0.2, 0) is 18.4 Å². The van der Waals surface area contributed by atoms with Crippen LogP contribution >= 0.6 is 11.6 Å². The average Bonchev–Trinajstić information content (AvgIpc) is 3.27. The number of amides is 1. The highest BCUT2D eigenvalue weighted by Gasteiger charge is 2.36. The first-order valence-electron chi connectivity index (χ1n) is 10.3. The lowest BCUT2D eigenvalue weighted by Crippen LogP contribution is -2.27. The van der Waals surface area contributed by atoms with Gasteiger partial charge in [-0.25, -0.2) is 0 Å². The normalized spacial score (nSPS) is 16.5. The molecule has 150 valence electrons. The summed E-state index contributed by atoms with van der Waals surface area (Å²) < 4.78 is 2.25. The van der Waals surface area contributed by atoms with E-state index < -0.39 is 0 Å². The van der Waals surface area contributed by atoms with Gasteiger partial charge in [-0.15, -0.1) is 0 Å². The lowest BCUT2D eigenvalue weighted by Gasteiger charge is -2.26. The van der Waals surface area contributed by atoms with E-state index in [0.717, 1.165) is 28.3 Å². The molecule has 2 heterocycles. The summed E-state index contributed by atoms with van der Waals surface area (Å²) in [6.07, 6.45) is 1.42. The largest absolute Gasteiger partial charge is 0.343 e. The SMILES string of the molecule is Cn1c(-c2ccc(Cl)cc2)c([C@@H]2CCC(=O)N2Cc2ccccc2)c2ccccc21. The van der Waals surface area contributed by atoms with E-state index >= 15 is 0 Å². The molecule has 0 N–H and O–H groups in total. The minimum atomic E-state index is 0.0504. The maximum Gasteiger partial charge on any atom is 0.223 e. The molecular weight excluding hydrogens is 392 g/mol. The van der Waals surface area contributed by atoms with Crippen molar-refractivity contribution in [2.24, 2.45) is 7.05 Å². The molecule has 1 amide bonds. The summed E-state index contributed by atoms with van der Waals surface area (Å²) in [4.78, 5) is 15.0. The molecule has 5 rings (SSSR count). The van der Waals surface area contributed by atoms with Crippen molar-refractivity contribution in [3.63, 3.8) is 0 Å². The summed E-state index contributed by atoms with van der Waals surface area (Å²) in [7, 11) is 2.11. The Bertz CT molecular complexity index is 1210. The molecule has 1 aliphatic rings. The van der Waals surface area contributed by atoms with E-state index in [1.54, 1.807) is 0 Å². The van der Waals surface area contributed by atoms with Gasteiger partial charge in [0.2, 0.25) is 5.91 Å². The molecule has 3 nitrogen and oxygen atoms in total. The fourth-order valence-electron chi connectivity index (χ4n) is 4.73. The van der Waals surface area contributed by atoms with Gasteiger partial charge in [0.05, 0.1) is 11.7 Å².